The van der Waals surface area contributed by atoms with E-state index in [1.54, 1.807) is 58.0 Å². The fourth-order valence-corrected chi connectivity index (χ4v) is 8.07. The van der Waals surface area contributed by atoms with Crippen molar-refractivity contribution in [2.24, 2.45) is 23.7 Å². The zero-order valence-electron chi connectivity index (χ0n) is 35.6. The first-order chi connectivity index (χ1) is 28.2. The molecule has 320 valence electrons. The summed E-state index contributed by atoms with van der Waals surface area (Å²) in [7, 11) is 5.15. The molecule has 0 unspecified atom stereocenters. The summed E-state index contributed by atoms with van der Waals surface area (Å²) >= 11 is 0. The van der Waals surface area contributed by atoms with Crippen molar-refractivity contribution < 1.29 is 53.1 Å². The summed E-state index contributed by atoms with van der Waals surface area (Å²) in [6, 6.07) is 5.23. The second-order valence-corrected chi connectivity index (χ2v) is 16.3. The van der Waals surface area contributed by atoms with Gasteiger partial charge < -0.3 is 48.9 Å². The third kappa shape index (κ3) is 7.72. The molecule has 9 atom stereocenters. The predicted octanol–water partition coefficient (Wildman–Crippen LogP) is 6.02. The largest absolute Gasteiger partial charge is 0.507 e. The molecule has 0 saturated carbocycles. The minimum atomic E-state index is -2.02. The number of ether oxygens (including phenoxy) is 4. The number of aliphatic hydroxyl groups is 2. The molecule has 0 spiro atoms. The van der Waals surface area contributed by atoms with Crippen LogP contribution in [-0.4, -0.2) is 89.4 Å². The van der Waals surface area contributed by atoms with Gasteiger partial charge in [0.2, 0.25) is 5.43 Å². The van der Waals surface area contributed by atoms with Crippen LogP contribution in [0.3, 0.4) is 0 Å². The molecule has 4 bridgehead atoms. The van der Waals surface area contributed by atoms with Gasteiger partial charge in [0.25, 0.3) is 11.7 Å². The van der Waals surface area contributed by atoms with Gasteiger partial charge in [0, 0.05) is 80.9 Å². The number of Topliss-reactive ketones (excluding diaryl/α,β-unsaturated/α-hetero) is 1. The number of aliphatic hydroxyl groups excluding tert-OH is 2. The molecule has 0 radical (unpaired) electrons. The molecule has 1 amide bonds. The van der Waals surface area contributed by atoms with Gasteiger partial charge >= 0.3 is 11.8 Å². The fraction of sp³-hybridized carbons (Fsp3) is 0.444. The zero-order chi connectivity index (χ0) is 44.1. The van der Waals surface area contributed by atoms with Crippen LogP contribution in [0.4, 0.5) is 11.4 Å². The van der Waals surface area contributed by atoms with Crippen LogP contribution in [0.25, 0.3) is 33.3 Å². The van der Waals surface area contributed by atoms with Crippen molar-refractivity contribution in [2.75, 3.05) is 31.4 Å². The highest BCUT2D eigenvalue weighted by molar-refractivity contribution is 6.22. The van der Waals surface area contributed by atoms with Gasteiger partial charge in [-0.1, -0.05) is 45.9 Å². The second kappa shape index (κ2) is 16.7. The molecule has 1 aliphatic carbocycles. The number of hydrogen-bond donors (Lipinski definition) is 4. The second-order valence-electron chi connectivity index (χ2n) is 16.3. The number of aromatic hydroxyl groups is 1. The molecule has 3 aliphatic heterocycles. The summed E-state index contributed by atoms with van der Waals surface area (Å²) < 4.78 is 30.2. The Morgan fingerprint density at radius 2 is 1.68 bits per heavy atom. The standard InChI is InChI=1S/C45H53N3O12/c1-20-13-12-14-21(2)44(55)47-35-39(53)32-31(34-42(35)59-30-16-15-27(48(9)10)19-28(30)46-34)33-41(25(6)38(32)52)60-45(8,43(33)54)57-18-17-29(56-11)22(3)40(58-26(7)49)24(5)37(51)23(4)36(20)50/h12-20,22-24,29,36-37,40,50-52H,1-11H3,(H,47,55)/b13-12+,18-17+,21-14-/t20-,22+,23+,24+,29-,36-,37+,40+,45-/m0/s1. The number of carbonyl (C=O) groups is 3. The molecule has 60 heavy (non-hydrogen) atoms. The lowest BCUT2D eigenvalue weighted by Gasteiger charge is -2.38. The van der Waals surface area contributed by atoms with Crippen molar-refractivity contribution in [3.8, 4) is 23.0 Å². The zero-order valence-corrected chi connectivity index (χ0v) is 35.6. The monoisotopic (exact) mass is 827 g/mol. The van der Waals surface area contributed by atoms with E-state index in [2.05, 4.69) is 5.32 Å². The molecule has 2 aromatic carbocycles. The topological polar surface area (TPSA) is 207 Å². The van der Waals surface area contributed by atoms with Gasteiger partial charge in [-0.2, -0.15) is 0 Å². The van der Waals surface area contributed by atoms with Crippen LogP contribution in [-0.2, 0) is 23.8 Å². The Labute approximate surface area is 347 Å². The summed E-state index contributed by atoms with van der Waals surface area (Å²) in [6.45, 7) is 12.6. The van der Waals surface area contributed by atoms with E-state index in [0.29, 0.717) is 5.52 Å². The highest BCUT2D eigenvalue weighted by Gasteiger charge is 2.50. The number of phenols is 1. The first-order valence-corrected chi connectivity index (χ1v) is 19.8. The Kier molecular flexibility index (Phi) is 12.2. The highest BCUT2D eigenvalue weighted by Crippen LogP contribution is 2.50. The number of nitrogens with one attached hydrogen (secondary N) is 1. The Morgan fingerprint density at radius 1 is 0.983 bits per heavy atom. The number of ketones is 1. The van der Waals surface area contributed by atoms with Crippen LogP contribution in [0.15, 0.2) is 63.6 Å². The number of allylic oxidation sites excluding steroid dienone is 2. The van der Waals surface area contributed by atoms with Crippen LogP contribution in [0.2, 0.25) is 0 Å². The molecule has 15 heteroatoms. The summed E-state index contributed by atoms with van der Waals surface area (Å²) in [5, 5.41) is 37.0. The number of hydrogen-bond acceptors (Lipinski definition) is 14. The number of carbonyl (C=O) groups excluding carboxylic acids is 3. The molecule has 6 rings (SSSR count). The summed E-state index contributed by atoms with van der Waals surface area (Å²) in [4.78, 5) is 62.2. The Morgan fingerprint density at radius 3 is 2.33 bits per heavy atom. The first kappa shape index (κ1) is 43.8. The van der Waals surface area contributed by atoms with Crippen LogP contribution >= 0.6 is 0 Å². The number of fused-ring (bicyclic) bond motifs is 2. The van der Waals surface area contributed by atoms with E-state index >= 15 is 0 Å². The van der Waals surface area contributed by atoms with E-state index in [-0.39, 0.29) is 55.9 Å². The molecule has 0 fully saturated rings. The molecule has 2 aromatic rings. The maximum absolute atomic E-state index is 14.6. The van der Waals surface area contributed by atoms with Crippen molar-refractivity contribution in [1.29, 1.82) is 0 Å². The van der Waals surface area contributed by atoms with Crippen molar-refractivity contribution >= 4 is 50.9 Å². The molecular formula is C45H53N3O12. The van der Waals surface area contributed by atoms with E-state index in [1.807, 2.05) is 19.0 Å². The third-order valence-corrected chi connectivity index (χ3v) is 11.8. The Hall–Kier alpha value is -5.77. The Balaban J connectivity index is 1.60. The quantitative estimate of drug-likeness (QED) is 0.106. The van der Waals surface area contributed by atoms with Crippen molar-refractivity contribution in [3.05, 3.63) is 75.7 Å². The van der Waals surface area contributed by atoms with E-state index in [4.69, 9.17) is 28.3 Å². The fourth-order valence-electron chi connectivity index (χ4n) is 8.07. The van der Waals surface area contributed by atoms with Gasteiger partial charge in [-0.15, -0.1) is 0 Å². The molecule has 3 heterocycles. The number of esters is 1. The lowest BCUT2D eigenvalue weighted by atomic mass is 9.78. The van der Waals surface area contributed by atoms with Gasteiger partial charge in [-0.3, -0.25) is 19.2 Å². The van der Waals surface area contributed by atoms with E-state index in [0.717, 1.165) is 5.69 Å². The average molecular weight is 828 g/mol. The predicted molar refractivity (Wildman–Crippen MR) is 225 cm³/mol. The molecule has 15 nitrogen and oxygen atoms in total. The number of phenolic OH excluding ortho intramolecular Hbond substituents is 1. The minimum Gasteiger partial charge on any atom is -0.507 e. The lowest BCUT2D eigenvalue weighted by Crippen LogP contribution is -2.46. The summed E-state index contributed by atoms with van der Waals surface area (Å²) in [6.07, 6.45) is 3.64. The number of anilines is 2. The molecule has 0 saturated heterocycles. The van der Waals surface area contributed by atoms with Gasteiger partial charge in [0.05, 0.1) is 35.5 Å². The third-order valence-electron chi connectivity index (χ3n) is 11.8. The first-order valence-electron chi connectivity index (χ1n) is 19.8. The van der Waals surface area contributed by atoms with Crippen LogP contribution < -0.4 is 20.4 Å². The summed E-state index contributed by atoms with van der Waals surface area (Å²) in [5.41, 5.74) is 0.436. The molecule has 4 aliphatic rings. The van der Waals surface area contributed by atoms with Crippen LogP contribution in [0.1, 0.15) is 64.4 Å². The van der Waals surface area contributed by atoms with Gasteiger partial charge in [-0.25, -0.2) is 4.98 Å². The van der Waals surface area contributed by atoms with Gasteiger partial charge in [-0.05, 0) is 38.1 Å². The lowest BCUT2D eigenvalue weighted by molar-refractivity contribution is -0.160. The van der Waals surface area contributed by atoms with Crippen molar-refractivity contribution in [3.63, 3.8) is 0 Å². The average Bonchev–Trinajstić information content (AvgIpc) is 3.47. The van der Waals surface area contributed by atoms with Crippen molar-refractivity contribution in [2.45, 2.75) is 85.6 Å². The van der Waals surface area contributed by atoms with E-state index < -0.39 is 82.7 Å². The number of amides is 1. The number of rotatable bonds is 3. The maximum Gasteiger partial charge on any atom is 0.312 e. The SMILES string of the molecule is CO[C@H]1/C=C/O[C@@]2(C)Oc3c(C)c(O)c4c(=O)c(c5oc6ccc(N(C)C)cc6nc-5c4c3C2=O)NC(=O)/C(C)=C\C=C\[C@H](C)[C@H](O)[C@@H](C)[C@@H](O)[C@@H](C)[C@H](OC(C)=O)[C@@H]1C. The number of aromatic nitrogens is 1. The van der Waals surface area contributed by atoms with E-state index in [9.17, 15) is 34.5 Å². The van der Waals surface area contributed by atoms with Gasteiger partial charge in [0.15, 0.2) is 11.3 Å². The molecule has 0 aromatic heterocycles. The normalized spacial score (nSPS) is 29.8. The van der Waals surface area contributed by atoms with E-state index in [1.165, 1.54) is 53.2 Å². The molecular weight excluding hydrogens is 775 g/mol. The molecule has 4 N–H and O–H groups in total. The minimum absolute atomic E-state index is 0.000563. The highest BCUT2D eigenvalue weighted by atomic mass is 16.7. The number of nitrogens with zero attached hydrogens (tertiary/aromatic N) is 2. The maximum atomic E-state index is 14.6. The number of benzene rings is 3. The van der Waals surface area contributed by atoms with Crippen molar-refractivity contribution in [1.82, 2.24) is 4.98 Å². The van der Waals surface area contributed by atoms with Crippen LogP contribution in [0, 0.1) is 30.6 Å². The number of methoxy groups -OCH3 is 1. The summed E-state index contributed by atoms with van der Waals surface area (Å²) in [5.74, 6) is -7.14. The Bertz CT molecular complexity index is 2490. The van der Waals surface area contributed by atoms with Gasteiger partial charge in [0.1, 0.15) is 34.5 Å². The van der Waals surface area contributed by atoms with Crippen LogP contribution in [0.5, 0.6) is 11.5 Å². The smallest absolute Gasteiger partial charge is 0.312 e.